The van der Waals surface area contributed by atoms with Gasteiger partial charge in [0, 0.05) is 12.1 Å². The molecule has 0 spiro atoms. The predicted molar refractivity (Wildman–Crippen MR) is 72.4 cm³/mol. The Labute approximate surface area is 119 Å². The van der Waals surface area contributed by atoms with E-state index in [0.29, 0.717) is 21.4 Å². The minimum Gasteiger partial charge on any atom is -0.294 e. The van der Waals surface area contributed by atoms with E-state index in [4.69, 9.17) is 23.2 Å². The molecule has 0 aliphatic rings. The lowest BCUT2D eigenvalue weighted by Crippen LogP contribution is -2.10. The van der Waals surface area contributed by atoms with E-state index in [0.717, 1.165) is 0 Å². The summed E-state index contributed by atoms with van der Waals surface area (Å²) in [4.78, 5) is 12.1. The van der Waals surface area contributed by atoms with Crippen molar-refractivity contribution in [2.24, 2.45) is 7.05 Å². The van der Waals surface area contributed by atoms with Crippen molar-refractivity contribution < 1.29 is 9.18 Å². The molecular formula is C13H11Cl2FN2O. The van der Waals surface area contributed by atoms with Crippen molar-refractivity contribution in [1.82, 2.24) is 9.78 Å². The normalized spacial score (nSPS) is 10.8. The largest absolute Gasteiger partial charge is 0.294 e. The van der Waals surface area contributed by atoms with Crippen molar-refractivity contribution in [3.8, 4) is 0 Å². The van der Waals surface area contributed by atoms with Gasteiger partial charge < -0.3 is 0 Å². The van der Waals surface area contributed by atoms with E-state index in [1.54, 1.807) is 14.0 Å². The number of hydrogen-bond donors (Lipinski definition) is 0. The van der Waals surface area contributed by atoms with Gasteiger partial charge in [0.15, 0.2) is 5.78 Å². The Hall–Kier alpha value is -1.39. The van der Waals surface area contributed by atoms with Gasteiger partial charge in [0.1, 0.15) is 5.82 Å². The van der Waals surface area contributed by atoms with Crippen LogP contribution in [-0.2, 0) is 13.5 Å². The lowest BCUT2D eigenvalue weighted by atomic mass is 10.1. The van der Waals surface area contributed by atoms with Gasteiger partial charge in [-0.25, -0.2) is 4.39 Å². The molecule has 1 heterocycles. The summed E-state index contributed by atoms with van der Waals surface area (Å²) < 4.78 is 15.1. The van der Waals surface area contributed by atoms with E-state index in [1.165, 1.54) is 22.9 Å². The summed E-state index contributed by atoms with van der Waals surface area (Å²) in [5, 5.41) is 4.86. The molecule has 100 valence electrons. The molecule has 0 amide bonds. The predicted octanol–water partition coefficient (Wildman–Crippen LogP) is 3.60. The van der Waals surface area contributed by atoms with Crippen LogP contribution in [-0.4, -0.2) is 15.6 Å². The summed E-state index contributed by atoms with van der Waals surface area (Å²) in [6, 6.07) is 3.89. The second-order valence-corrected chi connectivity index (χ2v) is 5.01. The average molecular weight is 301 g/mol. The number of benzene rings is 1. The zero-order valence-corrected chi connectivity index (χ0v) is 11.9. The van der Waals surface area contributed by atoms with Gasteiger partial charge in [-0.3, -0.25) is 9.48 Å². The highest BCUT2D eigenvalue weighted by molar-refractivity contribution is 6.32. The van der Waals surface area contributed by atoms with Gasteiger partial charge >= 0.3 is 0 Å². The third-order valence-corrected chi connectivity index (χ3v) is 3.55. The Morgan fingerprint density at radius 2 is 2.11 bits per heavy atom. The zero-order valence-electron chi connectivity index (χ0n) is 10.4. The van der Waals surface area contributed by atoms with E-state index in [9.17, 15) is 9.18 Å². The highest BCUT2D eigenvalue weighted by Crippen LogP contribution is 2.22. The SMILES string of the molecule is Cc1nn(C)c(CC(=O)c2cc(Cl)ccc2F)c1Cl. The van der Waals surface area contributed by atoms with Crippen molar-refractivity contribution in [2.45, 2.75) is 13.3 Å². The second-order valence-electron chi connectivity index (χ2n) is 4.19. The summed E-state index contributed by atoms with van der Waals surface area (Å²) in [5.41, 5.74) is 1.16. The van der Waals surface area contributed by atoms with Gasteiger partial charge in [-0.1, -0.05) is 23.2 Å². The van der Waals surface area contributed by atoms with Crippen molar-refractivity contribution in [2.75, 3.05) is 0 Å². The number of Topliss-reactive ketones (excluding diaryl/α,β-unsaturated/α-hetero) is 1. The number of carbonyl (C=O) groups excluding carboxylic acids is 1. The van der Waals surface area contributed by atoms with Crippen LogP contribution in [0.2, 0.25) is 10.0 Å². The third kappa shape index (κ3) is 2.80. The molecule has 0 unspecified atom stereocenters. The van der Waals surface area contributed by atoms with Crippen LogP contribution < -0.4 is 0 Å². The fourth-order valence-corrected chi connectivity index (χ4v) is 2.23. The van der Waals surface area contributed by atoms with Crippen LogP contribution in [0.1, 0.15) is 21.7 Å². The molecule has 0 saturated carbocycles. The molecular weight excluding hydrogens is 290 g/mol. The number of ketones is 1. The van der Waals surface area contributed by atoms with Crippen molar-refractivity contribution >= 4 is 29.0 Å². The Morgan fingerprint density at radius 1 is 1.42 bits per heavy atom. The molecule has 0 fully saturated rings. The van der Waals surface area contributed by atoms with E-state index in [2.05, 4.69) is 5.10 Å². The number of aryl methyl sites for hydroxylation is 2. The van der Waals surface area contributed by atoms with Crippen LogP contribution in [0.25, 0.3) is 0 Å². The van der Waals surface area contributed by atoms with Gasteiger partial charge in [0.05, 0.1) is 28.4 Å². The van der Waals surface area contributed by atoms with Gasteiger partial charge in [0.25, 0.3) is 0 Å². The van der Waals surface area contributed by atoms with Gasteiger partial charge in [-0.05, 0) is 25.1 Å². The van der Waals surface area contributed by atoms with Crippen LogP contribution >= 0.6 is 23.2 Å². The van der Waals surface area contributed by atoms with Crippen LogP contribution in [0.5, 0.6) is 0 Å². The molecule has 0 N–H and O–H groups in total. The third-order valence-electron chi connectivity index (χ3n) is 2.82. The molecule has 0 atom stereocenters. The number of carbonyl (C=O) groups is 1. The van der Waals surface area contributed by atoms with Crippen LogP contribution in [0.4, 0.5) is 4.39 Å². The smallest absolute Gasteiger partial charge is 0.171 e. The number of rotatable bonds is 3. The highest BCUT2D eigenvalue weighted by Gasteiger charge is 2.18. The first-order valence-electron chi connectivity index (χ1n) is 5.56. The molecule has 19 heavy (non-hydrogen) atoms. The van der Waals surface area contributed by atoms with E-state index in [-0.39, 0.29) is 17.8 Å². The number of hydrogen-bond acceptors (Lipinski definition) is 2. The van der Waals surface area contributed by atoms with Crippen LogP contribution in [0, 0.1) is 12.7 Å². The van der Waals surface area contributed by atoms with E-state index >= 15 is 0 Å². The maximum Gasteiger partial charge on any atom is 0.171 e. The monoisotopic (exact) mass is 300 g/mol. The highest BCUT2D eigenvalue weighted by atomic mass is 35.5. The Kier molecular flexibility index (Phi) is 3.92. The summed E-state index contributed by atoms with van der Waals surface area (Å²) >= 11 is 11.8. The quantitative estimate of drug-likeness (QED) is 0.812. The summed E-state index contributed by atoms with van der Waals surface area (Å²) in [7, 11) is 1.69. The molecule has 0 saturated heterocycles. The number of aromatic nitrogens is 2. The minimum atomic E-state index is -0.593. The molecule has 0 bridgehead atoms. The molecule has 0 radical (unpaired) electrons. The lowest BCUT2D eigenvalue weighted by molar-refractivity contribution is 0.0987. The molecule has 2 rings (SSSR count). The van der Waals surface area contributed by atoms with Crippen molar-refractivity contribution in [3.63, 3.8) is 0 Å². The molecule has 0 aliphatic carbocycles. The molecule has 0 aliphatic heterocycles. The molecule has 1 aromatic carbocycles. The molecule has 1 aromatic heterocycles. The van der Waals surface area contributed by atoms with E-state index < -0.39 is 5.82 Å². The first kappa shape index (κ1) is 14.0. The first-order valence-corrected chi connectivity index (χ1v) is 6.32. The maximum atomic E-state index is 13.6. The molecule has 6 heteroatoms. The Morgan fingerprint density at radius 3 is 2.68 bits per heavy atom. The van der Waals surface area contributed by atoms with Gasteiger partial charge in [0.2, 0.25) is 0 Å². The molecule has 3 nitrogen and oxygen atoms in total. The topological polar surface area (TPSA) is 34.9 Å². The summed E-state index contributed by atoms with van der Waals surface area (Å²) in [6.07, 6.45) is -0.0204. The van der Waals surface area contributed by atoms with Crippen molar-refractivity contribution in [1.29, 1.82) is 0 Å². The fraction of sp³-hybridized carbons (Fsp3) is 0.231. The summed E-state index contributed by atoms with van der Waals surface area (Å²) in [5.74, 6) is -0.977. The zero-order chi connectivity index (χ0) is 14.2. The maximum absolute atomic E-state index is 13.6. The Bertz CT molecular complexity index is 652. The van der Waals surface area contributed by atoms with Crippen LogP contribution in [0.3, 0.4) is 0 Å². The lowest BCUT2D eigenvalue weighted by Gasteiger charge is -2.04. The minimum absolute atomic E-state index is 0.0204. The fourth-order valence-electron chi connectivity index (χ4n) is 1.83. The average Bonchev–Trinajstić information content (AvgIpc) is 2.59. The molecule has 2 aromatic rings. The second kappa shape index (κ2) is 5.31. The Balaban J connectivity index is 2.33. The number of halogens is 3. The van der Waals surface area contributed by atoms with Crippen molar-refractivity contribution in [3.05, 3.63) is 51.0 Å². The first-order chi connectivity index (χ1) is 8.90. The summed E-state index contributed by atoms with van der Waals surface area (Å²) in [6.45, 7) is 1.75. The van der Waals surface area contributed by atoms with Gasteiger partial charge in [-0.15, -0.1) is 0 Å². The standard InChI is InChI=1S/C13H11Cl2FN2O/c1-7-13(15)11(18(2)17-7)6-12(19)9-5-8(14)3-4-10(9)16/h3-5H,6H2,1-2H3. The van der Waals surface area contributed by atoms with Gasteiger partial charge in [-0.2, -0.15) is 5.10 Å². The number of nitrogens with zero attached hydrogens (tertiary/aromatic N) is 2. The van der Waals surface area contributed by atoms with Crippen LogP contribution in [0.15, 0.2) is 18.2 Å². The van der Waals surface area contributed by atoms with E-state index in [1.807, 2.05) is 0 Å².